The van der Waals surface area contributed by atoms with E-state index >= 15 is 0 Å². The molecule has 0 N–H and O–H groups in total. The third kappa shape index (κ3) is 5.35. The molecular weight excluding hydrogens is 430 g/mol. The smallest absolute Gasteiger partial charge is 0.380 e. The maximum Gasteiger partial charge on any atom is 0.498 e. The third-order valence-corrected chi connectivity index (χ3v) is 10.2. The summed E-state index contributed by atoms with van der Waals surface area (Å²) >= 11 is 0. The fourth-order valence-electron chi connectivity index (χ4n) is 2.77. The van der Waals surface area contributed by atoms with Gasteiger partial charge in [-0.05, 0) is 32.1 Å². The van der Waals surface area contributed by atoms with Crippen LogP contribution >= 0.6 is 0 Å². The Morgan fingerprint density at radius 1 is 0.923 bits per heavy atom. The van der Waals surface area contributed by atoms with E-state index in [1.165, 1.54) is 0 Å². The van der Waals surface area contributed by atoms with Crippen molar-refractivity contribution in [2.24, 2.45) is 0 Å². The van der Waals surface area contributed by atoms with Crippen molar-refractivity contribution in [1.82, 2.24) is 0 Å². The number of alkyl halides is 6. The molecule has 0 aliphatic carbocycles. The molecule has 0 aromatic rings. The van der Waals surface area contributed by atoms with Gasteiger partial charge < -0.3 is 4.74 Å². The van der Waals surface area contributed by atoms with Crippen molar-refractivity contribution in [2.75, 3.05) is 6.61 Å². The highest BCUT2D eigenvalue weighted by molar-refractivity contribution is 8.09. The van der Waals surface area contributed by atoms with Gasteiger partial charge in [-0.2, -0.15) is 26.3 Å². The third-order valence-electron chi connectivity index (χ3n) is 4.28. The van der Waals surface area contributed by atoms with Crippen LogP contribution in [0.25, 0.3) is 0 Å². The first-order valence-corrected chi connectivity index (χ1v) is 11.9. The minimum atomic E-state index is -6.53. The van der Waals surface area contributed by atoms with Crippen LogP contribution in [-0.4, -0.2) is 54.5 Å². The van der Waals surface area contributed by atoms with E-state index in [1.54, 1.807) is 0 Å². The lowest BCUT2D eigenvalue weighted by Gasteiger charge is -2.34. The average molecular weight is 450 g/mol. The van der Waals surface area contributed by atoms with Gasteiger partial charge in [0.15, 0.2) is 4.58 Å². The van der Waals surface area contributed by atoms with Crippen LogP contribution in [0.15, 0.2) is 0 Å². The Morgan fingerprint density at radius 3 is 1.81 bits per heavy atom. The van der Waals surface area contributed by atoms with Crippen LogP contribution in [0.2, 0.25) is 0 Å². The number of unbranched alkanes of at least 4 members (excludes halogenated alkanes) is 1. The zero-order chi connectivity index (χ0) is 20.4. The van der Waals surface area contributed by atoms with Gasteiger partial charge in [-0.15, -0.1) is 0 Å². The summed E-state index contributed by atoms with van der Waals surface area (Å²) in [6.45, 7) is 0.511. The lowest BCUT2D eigenvalue weighted by atomic mass is 10.0. The SMILES string of the molecule is O=S(=O)(C(CCCCC1([SiH3])CCCCO1)S(=O)(=O)C(F)(F)F)C(F)(F)F. The van der Waals surface area contributed by atoms with Gasteiger partial charge in [-0.3, -0.25) is 0 Å². The molecule has 0 radical (unpaired) electrons. The topological polar surface area (TPSA) is 77.5 Å². The van der Waals surface area contributed by atoms with E-state index in [4.69, 9.17) is 4.74 Å². The highest BCUT2D eigenvalue weighted by Gasteiger charge is 2.62. The average Bonchev–Trinajstić information content (AvgIpc) is 2.44. The van der Waals surface area contributed by atoms with Crippen LogP contribution in [0.1, 0.15) is 44.9 Å². The monoisotopic (exact) mass is 450 g/mol. The molecule has 0 spiro atoms. The van der Waals surface area contributed by atoms with Gasteiger partial charge in [0.05, 0.1) is 0 Å². The molecule has 1 fully saturated rings. The summed E-state index contributed by atoms with van der Waals surface area (Å²) in [5.74, 6) is 0. The van der Waals surface area contributed by atoms with Gasteiger partial charge in [-0.1, -0.05) is 12.8 Å². The minimum Gasteiger partial charge on any atom is -0.380 e. The van der Waals surface area contributed by atoms with E-state index in [1.807, 2.05) is 0 Å². The van der Waals surface area contributed by atoms with Crippen molar-refractivity contribution < 1.29 is 47.9 Å². The van der Waals surface area contributed by atoms with Gasteiger partial charge in [0.2, 0.25) is 0 Å². The molecule has 1 aliphatic rings. The lowest BCUT2D eigenvalue weighted by molar-refractivity contribution is -0.0474. The summed E-state index contributed by atoms with van der Waals surface area (Å²) in [6.07, 6.45) is 1.18. The van der Waals surface area contributed by atoms with Crippen molar-refractivity contribution in [1.29, 1.82) is 0 Å². The second-order valence-electron chi connectivity index (χ2n) is 6.41. The summed E-state index contributed by atoms with van der Waals surface area (Å²) in [7, 11) is -12.5. The predicted octanol–water partition coefficient (Wildman–Crippen LogP) is 2.00. The molecule has 14 heteroatoms. The quantitative estimate of drug-likeness (QED) is 0.337. The normalized spacial score (nSPS) is 23.5. The van der Waals surface area contributed by atoms with Crippen LogP contribution in [0.5, 0.6) is 0 Å². The summed E-state index contributed by atoms with van der Waals surface area (Å²) in [5.41, 5.74) is -12.2. The zero-order valence-corrected chi connectivity index (χ0v) is 17.5. The number of sulfone groups is 2. The van der Waals surface area contributed by atoms with E-state index in [9.17, 15) is 43.2 Å². The summed E-state index contributed by atoms with van der Waals surface area (Å²) in [5, 5.41) is -0.459. The van der Waals surface area contributed by atoms with E-state index in [0.29, 0.717) is 29.7 Å². The number of halogens is 6. The zero-order valence-electron chi connectivity index (χ0n) is 13.9. The summed E-state index contributed by atoms with van der Waals surface area (Å²) in [6, 6.07) is 0. The second-order valence-corrected chi connectivity index (χ2v) is 12.8. The molecule has 0 saturated carbocycles. The van der Waals surface area contributed by atoms with E-state index in [0.717, 1.165) is 12.8 Å². The Kier molecular flexibility index (Phi) is 7.25. The van der Waals surface area contributed by atoms with Crippen molar-refractivity contribution >= 4 is 29.9 Å². The first kappa shape index (κ1) is 23.7. The van der Waals surface area contributed by atoms with Crippen molar-refractivity contribution in [2.45, 2.75) is 65.8 Å². The number of ether oxygens (including phenoxy) is 1. The molecular formula is C12H20F6O5S2Si. The number of hydrogen-bond donors (Lipinski definition) is 0. The Balaban J connectivity index is 2.91. The first-order chi connectivity index (χ1) is 11.5. The Morgan fingerprint density at radius 2 is 1.42 bits per heavy atom. The summed E-state index contributed by atoms with van der Waals surface area (Å²) < 4.78 is 123. The van der Waals surface area contributed by atoms with Gasteiger partial charge >= 0.3 is 11.0 Å². The Hall–Kier alpha value is -0.343. The van der Waals surface area contributed by atoms with Crippen molar-refractivity contribution in [3.05, 3.63) is 0 Å². The van der Waals surface area contributed by atoms with Crippen LogP contribution in [0.3, 0.4) is 0 Å². The van der Waals surface area contributed by atoms with Crippen LogP contribution in [0, 0.1) is 0 Å². The van der Waals surface area contributed by atoms with Crippen molar-refractivity contribution in [3.63, 3.8) is 0 Å². The number of hydrogen-bond acceptors (Lipinski definition) is 5. The van der Waals surface area contributed by atoms with E-state index < -0.39 is 53.3 Å². The molecule has 0 bridgehead atoms. The minimum absolute atomic E-state index is 0.0702. The molecule has 0 aromatic carbocycles. The van der Waals surface area contributed by atoms with Gasteiger partial charge in [0.25, 0.3) is 19.7 Å². The summed E-state index contributed by atoms with van der Waals surface area (Å²) in [4.78, 5) is 0. The van der Waals surface area contributed by atoms with Crippen LogP contribution in [0.4, 0.5) is 26.3 Å². The highest BCUT2D eigenvalue weighted by Crippen LogP contribution is 2.38. The van der Waals surface area contributed by atoms with Crippen LogP contribution in [-0.2, 0) is 24.4 Å². The van der Waals surface area contributed by atoms with Gasteiger partial charge in [-0.25, -0.2) is 16.8 Å². The molecule has 0 amide bonds. The van der Waals surface area contributed by atoms with Crippen LogP contribution < -0.4 is 0 Å². The molecule has 1 heterocycles. The maximum absolute atomic E-state index is 12.6. The van der Waals surface area contributed by atoms with Gasteiger partial charge in [0.1, 0.15) is 0 Å². The molecule has 0 aromatic heterocycles. The van der Waals surface area contributed by atoms with E-state index in [-0.39, 0.29) is 6.42 Å². The molecule has 1 atom stereocenters. The Labute approximate surface area is 150 Å². The fourth-order valence-corrected chi connectivity index (χ4v) is 7.22. The first-order valence-electron chi connectivity index (χ1n) is 7.79. The maximum atomic E-state index is 12.6. The molecule has 1 unspecified atom stereocenters. The number of rotatable bonds is 7. The van der Waals surface area contributed by atoms with E-state index in [2.05, 4.69) is 0 Å². The Bertz CT molecular complexity index is 636. The molecule has 1 saturated heterocycles. The lowest BCUT2D eigenvalue weighted by Crippen LogP contribution is -2.45. The van der Waals surface area contributed by atoms with Crippen molar-refractivity contribution in [3.8, 4) is 0 Å². The highest BCUT2D eigenvalue weighted by atomic mass is 32.3. The second kappa shape index (κ2) is 7.95. The molecule has 1 aliphatic heterocycles. The molecule has 1 rings (SSSR count). The molecule has 5 nitrogen and oxygen atoms in total. The molecule has 26 heavy (non-hydrogen) atoms. The predicted molar refractivity (Wildman–Crippen MR) is 84.7 cm³/mol. The standard InChI is InChI=1S/C12H20F6O5S2Si/c13-11(14,15)24(19,20)9(25(21,22)12(16,17)18)5-1-2-6-10(26)7-3-4-8-23-10/h9H,1-8H2,26H3. The fraction of sp³-hybridized carbons (Fsp3) is 1.00. The molecule has 156 valence electrons. The van der Waals surface area contributed by atoms with Gasteiger partial charge in [0, 0.05) is 22.1 Å². The largest absolute Gasteiger partial charge is 0.498 e.